The molecule has 0 aromatic heterocycles. The van der Waals surface area contributed by atoms with Gasteiger partial charge in [0.1, 0.15) is 5.75 Å². The van der Waals surface area contributed by atoms with Crippen molar-refractivity contribution in [3.63, 3.8) is 0 Å². The van der Waals surface area contributed by atoms with E-state index in [0.717, 1.165) is 23.3 Å². The molecule has 2 nitrogen and oxygen atoms in total. The van der Waals surface area contributed by atoms with Gasteiger partial charge in [0.2, 0.25) is 5.78 Å². The van der Waals surface area contributed by atoms with Crippen LogP contribution in [0.25, 0.3) is 0 Å². The fourth-order valence-corrected chi connectivity index (χ4v) is 1.94. The topological polar surface area (TPSA) is 26.3 Å². The van der Waals surface area contributed by atoms with Gasteiger partial charge in [-0.05, 0) is 30.9 Å². The van der Waals surface area contributed by atoms with E-state index in [2.05, 4.69) is 19.9 Å². The van der Waals surface area contributed by atoms with Crippen molar-refractivity contribution in [2.45, 2.75) is 39.2 Å². The molecule has 1 aromatic carbocycles. The van der Waals surface area contributed by atoms with Gasteiger partial charge in [0.05, 0.1) is 5.56 Å². The molecule has 0 aliphatic carbocycles. The van der Waals surface area contributed by atoms with E-state index in [1.807, 2.05) is 19.1 Å². The number of ether oxygens (including phenoxy) is 1. The van der Waals surface area contributed by atoms with Crippen LogP contribution < -0.4 is 4.74 Å². The molecule has 0 saturated carbocycles. The highest BCUT2D eigenvalue weighted by Crippen LogP contribution is 2.37. The van der Waals surface area contributed by atoms with Crippen molar-refractivity contribution in [1.29, 1.82) is 0 Å². The Kier molecular flexibility index (Phi) is 2.51. The van der Waals surface area contributed by atoms with E-state index < -0.39 is 0 Å². The van der Waals surface area contributed by atoms with E-state index in [9.17, 15) is 4.79 Å². The predicted octanol–water partition coefficient (Wildman–Crippen LogP) is 3.16. The molecule has 2 heteroatoms. The normalized spacial score (nSPS) is 21.0. The number of para-hydroxylation sites is 1. The zero-order valence-electron chi connectivity index (χ0n) is 9.41. The van der Waals surface area contributed by atoms with Gasteiger partial charge in [0, 0.05) is 0 Å². The van der Waals surface area contributed by atoms with Crippen LogP contribution in [0.3, 0.4) is 0 Å². The Morgan fingerprint density at radius 2 is 2.20 bits per heavy atom. The smallest absolute Gasteiger partial charge is 0.206 e. The highest BCUT2D eigenvalue weighted by atomic mass is 16.5. The lowest BCUT2D eigenvalue weighted by atomic mass is 9.95. The predicted molar refractivity (Wildman–Crippen MR) is 59.6 cm³/mol. The monoisotopic (exact) mass is 204 g/mol. The first-order valence-corrected chi connectivity index (χ1v) is 5.49. The highest BCUT2D eigenvalue weighted by molar-refractivity contribution is 6.04. The third-order valence-electron chi connectivity index (χ3n) is 3.12. The van der Waals surface area contributed by atoms with Crippen LogP contribution in [0.15, 0.2) is 18.2 Å². The molecule has 1 aliphatic rings. The van der Waals surface area contributed by atoms with Gasteiger partial charge in [-0.3, -0.25) is 4.79 Å². The quantitative estimate of drug-likeness (QED) is 0.739. The number of fused-ring (bicyclic) bond motifs is 1. The summed E-state index contributed by atoms with van der Waals surface area (Å²) in [7, 11) is 0. The van der Waals surface area contributed by atoms with Gasteiger partial charge in [0.15, 0.2) is 6.10 Å². The average Bonchev–Trinajstić information content (AvgIpc) is 2.54. The molecule has 1 aliphatic heterocycles. The third-order valence-corrected chi connectivity index (χ3v) is 3.12. The SMILES string of the molecule is CCC(C)c1cccc2c1OC(C)C2=O. The van der Waals surface area contributed by atoms with Crippen LogP contribution in [-0.2, 0) is 0 Å². The van der Waals surface area contributed by atoms with Gasteiger partial charge in [-0.2, -0.15) is 0 Å². The van der Waals surface area contributed by atoms with Gasteiger partial charge in [-0.1, -0.05) is 26.0 Å². The fraction of sp³-hybridized carbons (Fsp3) is 0.462. The summed E-state index contributed by atoms with van der Waals surface area (Å²) in [6.07, 6.45) is 0.743. The Balaban J connectivity index is 2.49. The van der Waals surface area contributed by atoms with Crippen molar-refractivity contribution < 1.29 is 9.53 Å². The van der Waals surface area contributed by atoms with Crippen LogP contribution in [0.5, 0.6) is 5.75 Å². The molecule has 0 saturated heterocycles. The number of benzene rings is 1. The minimum absolute atomic E-state index is 0.107. The van der Waals surface area contributed by atoms with Gasteiger partial charge in [-0.15, -0.1) is 0 Å². The highest BCUT2D eigenvalue weighted by Gasteiger charge is 2.31. The molecule has 0 fully saturated rings. The summed E-state index contributed by atoms with van der Waals surface area (Å²) in [5.74, 6) is 1.36. The molecular formula is C13H16O2. The summed E-state index contributed by atoms with van der Waals surface area (Å²) in [4.78, 5) is 11.7. The van der Waals surface area contributed by atoms with Gasteiger partial charge in [0.25, 0.3) is 0 Å². The Morgan fingerprint density at radius 3 is 2.87 bits per heavy atom. The summed E-state index contributed by atoms with van der Waals surface area (Å²) in [5, 5.41) is 0. The third kappa shape index (κ3) is 1.54. The molecule has 0 bridgehead atoms. The number of carbonyl (C=O) groups excluding carboxylic acids is 1. The molecule has 0 spiro atoms. The van der Waals surface area contributed by atoms with E-state index in [1.54, 1.807) is 0 Å². The molecule has 0 radical (unpaired) electrons. The Morgan fingerprint density at radius 1 is 1.47 bits per heavy atom. The average molecular weight is 204 g/mol. The zero-order valence-corrected chi connectivity index (χ0v) is 9.41. The zero-order chi connectivity index (χ0) is 11.0. The molecule has 1 heterocycles. The van der Waals surface area contributed by atoms with Crippen molar-refractivity contribution in [3.8, 4) is 5.75 Å². The lowest BCUT2D eigenvalue weighted by Crippen LogP contribution is -2.14. The molecule has 0 N–H and O–H groups in total. The van der Waals surface area contributed by atoms with Crippen molar-refractivity contribution in [2.75, 3.05) is 0 Å². The van der Waals surface area contributed by atoms with Crippen LogP contribution in [0, 0.1) is 0 Å². The number of carbonyl (C=O) groups is 1. The molecule has 0 amide bonds. The summed E-state index contributed by atoms with van der Waals surface area (Å²) in [5.41, 5.74) is 1.91. The Bertz CT molecular complexity index is 396. The second-order valence-corrected chi connectivity index (χ2v) is 4.16. The van der Waals surface area contributed by atoms with E-state index in [0.29, 0.717) is 5.92 Å². The van der Waals surface area contributed by atoms with Crippen LogP contribution >= 0.6 is 0 Å². The Labute approximate surface area is 90.3 Å². The second kappa shape index (κ2) is 3.69. The molecule has 80 valence electrons. The van der Waals surface area contributed by atoms with Gasteiger partial charge < -0.3 is 4.74 Å². The Hall–Kier alpha value is -1.31. The van der Waals surface area contributed by atoms with E-state index in [4.69, 9.17) is 4.74 Å². The summed E-state index contributed by atoms with van der Waals surface area (Å²) < 4.78 is 5.62. The number of ketones is 1. The second-order valence-electron chi connectivity index (χ2n) is 4.16. The lowest BCUT2D eigenvalue weighted by molar-refractivity contribution is 0.0878. The lowest BCUT2D eigenvalue weighted by Gasteiger charge is -2.13. The number of Topliss-reactive ketones (excluding diaryl/α,β-unsaturated/α-hetero) is 1. The first-order chi connectivity index (χ1) is 7.15. The first kappa shape index (κ1) is 10.2. The maximum absolute atomic E-state index is 11.7. The van der Waals surface area contributed by atoms with E-state index in [1.165, 1.54) is 0 Å². The molecular weight excluding hydrogens is 188 g/mol. The standard InChI is InChI=1S/C13H16O2/c1-4-8(2)10-6-5-7-11-12(14)9(3)15-13(10)11/h5-9H,4H2,1-3H3. The van der Waals surface area contributed by atoms with Crippen LogP contribution in [0.4, 0.5) is 0 Å². The van der Waals surface area contributed by atoms with Crippen LogP contribution in [0.1, 0.15) is 49.0 Å². The van der Waals surface area contributed by atoms with Crippen molar-refractivity contribution in [1.82, 2.24) is 0 Å². The van der Waals surface area contributed by atoms with Crippen LogP contribution in [-0.4, -0.2) is 11.9 Å². The number of rotatable bonds is 2. The fourth-order valence-electron chi connectivity index (χ4n) is 1.94. The van der Waals surface area contributed by atoms with Crippen molar-refractivity contribution >= 4 is 5.78 Å². The van der Waals surface area contributed by atoms with E-state index in [-0.39, 0.29) is 11.9 Å². The van der Waals surface area contributed by atoms with Gasteiger partial charge in [-0.25, -0.2) is 0 Å². The van der Waals surface area contributed by atoms with E-state index >= 15 is 0 Å². The maximum atomic E-state index is 11.7. The number of hydrogen-bond donors (Lipinski definition) is 0. The minimum Gasteiger partial charge on any atom is -0.482 e. The first-order valence-electron chi connectivity index (χ1n) is 5.49. The number of hydrogen-bond acceptors (Lipinski definition) is 2. The minimum atomic E-state index is -0.315. The summed E-state index contributed by atoms with van der Waals surface area (Å²) in [6, 6.07) is 5.85. The van der Waals surface area contributed by atoms with Crippen molar-refractivity contribution in [2.24, 2.45) is 0 Å². The molecule has 2 atom stereocenters. The van der Waals surface area contributed by atoms with Crippen LogP contribution in [0.2, 0.25) is 0 Å². The summed E-state index contributed by atoms with van der Waals surface area (Å²) >= 11 is 0. The molecule has 2 rings (SSSR count). The van der Waals surface area contributed by atoms with Crippen molar-refractivity contribution in [3.05, 3.63) is 29.3 Å². The molecule has 15 heavy (non-hydrogen) atoms. The maximum Gasteiger partial charge on any atom is 0.206 e. The molecule has 1 aromatic rings. The molecule has 2 unspecified atom stereocenters. The van der Waals surface area contributed by atoms with Gasteiger partial charge >= 0.3 is 0 Å². The summed E-state index contributed by atoms with van der Waals surface area (Å²) in [6.45, 7) is 6.11. The largest absolute Gasteiger partial charge is 0.482 e.